The van der Waals surface area contributed by atoms with Crippen molar-refractivity contribution in [3.05, 3.63) is 176 Å². The predicted molar refractivity (Wildman–Crippen MR) is 219 cm³/mol. The van der Waals surface area contributed by atoms with Crippen molar-refractivity contribution in [1.29, 1.82) is 0 Å². The van der Waals surface area contributed by atoms with E-state index in [4.69, 9.17) is 8.83 Å². The molecule has 3 heterocycles. The third kappa shape index (κ3) is 4.65. The van der Waals surface area contributed by atoms with Crippen LogP contribution in [0.25, 0.3) is 86.3 Å². The van der Waals surface area contributed by atoms with Crippen LogP contribution >= 0.6 is 11.3 Å². The van der Waals surface area contributed by atoms with Crippen LogP contribution in [0.15, 0.2) is 185 Å². The molecule has 0 fully saturated rings. The molecular formula is C48H29NO2S. The number of furan rings is 2. The molecule has 0 unspecified atom stereocenters. The zero-order valence-corrected chi connectivity index (χ0v) is 28.7. The monoisotopic (exact) mass is 683 g/mol. The Morgan fingerprint density at radius 1 is 0.308 bits per heavy atom. The molecule has 11 rings (SSSR count). The van der Waals surface area contributed by atoms with E-state index in [0.717, 1.165) is 72.1 Å². The second-order valence-corrected chi connectivity index (χ2v) is 14.4. The highest BCUT2D eigenvalue weighted by atomic mass is 32.1. The van der Waals surface area contributed by atoms with Gasteiger partial charge in [0.05, 0.1) is 0 Å². The maximum atomic E-state index is 6.35. The van der Waals surface area contributed by atoms with E-state index in [1.807, 2.05) is 35.6 Å². The minimum absolute atomic E-state index is 0.868. The van der Waals surface area contributed by atoms with E-state index in [-0.39, 0.29) is 0 Å². The van der Waals surface area contributed by atoms with E-state index in [1.165, 1.54) is 31.3 Å². The summed E-state index contributed by atoms with van der Waals surface area (Å²) in [6, 6.07) is 62.6. The first-order valence-corrected chi connectivity index (χ1v) is 18.3. The van der Waals surface area contributed by atoms with Gasteiger partial charge in [-0.1, -0.05) is 97.1 Å². The molecule has 0 amide bonds. The first-order chi connectivity index (χ1) is 25.7. The van der Waals surface area contributed by atoms with Gasteiger partial charge in [-0.25, -0.2) is 0 Å². The Hall–Kier alpha value is -6.62. The molecule has 0 atom stereocenters. The molecule has 244 valence electrons. The molecule has 3 aromatic heterocycles. The van der Waals surface area contributed by atoms with Crippen molar-refractivity contribution in [2.24, 2.45) is 0 Å². The molecule has 11 aromatic rings. The molecule has 0 aliphatic carbocycles. The Morgan fingerprint density at radius 3 is 1.40 bits per heavy atom. The molecular weight excluding hydrogens is 655 g/mol. The molecule has 0 N–H and O–H groups in total. The summed E-state index contributed by atoms with van der Waals surface area (Å²) in [6.07, 6.45) is 0. The molecule has 0 aliphatic rings. The number of benzene rings is 8. The normalized spacial score (nSPS) is 11.8. The van der Waals surface area contributed by atoms with Gasteiger partial charge in [0.2, 0.25) is 0 Å². The van der Waals surface area contributed by atoms with Crippen molar-refractivity contribution in [1.82, 2.24) is 0 Å². The highest BCUT2D eigenvalue weighted by Gasteiger charge is 2.17. The summed E-state index contributed by atoms with van der Waals surface area (Å²) in [5, 5.41) is 7.15. The summed E-state index contributed by atoms with van der Waals surface area (Å²) in [5.74, 6) is 0. The number of hydrogen-bond acceptors (Lipinski definition) is 4. The Morgan fingerprint density at radius 2 is 0.750 bits per heavy atom. The van der Waals surface area contributed by atoms with Crippen LogP contribution in [-0.2, 0) is 0 Å². The maximum absolute atomic E-state index is 6.35. The molecule has 0 spiro atoms. The van der Waals surface area contributed by atoms with Crippen molar-refractivity contribution < 1.29 is 8.83 Å². The minimum Gasteiger partial charge on any atom is -0.456 e. The fraction of sp³-hybridized carbons (Fsp3) is 0. The number of anilines is 3. The standard InChI is InChI=1S/C48H29NO2S/c1-4-10-43-37(7-1)39-24-17-32(27-45(39)50-43)30-13-19-34(20-14-30)49(36-23-26-40-38-8-2-5-11-44(38)51-46(40)29-36)35-21-15-31(16-22-35)33-18-25-42-41-9-3-6-12-47(41)52-48(42)28-33/h1-29H. The van der Waals surface area contributed by atoms with Crippen LogP contribution < -0.4 is 4.90 Å². The van der Waals surface area contributed by atoms with E-state index in [2.05, 4.69) is 157 Å². The summed E-state index contributed by atoms with van der Waals surface area (Å²) in [7, 11) is 0. The molecule has 0 bridgehead atoms. The molecule has 52 heavy (non-hydrogen) atoms. The molecule has 0 radical (unpaired) electrons. The minimum atomic E-state index is 0.868. The molecule has 4 heteroatoms. The van der Waals surface area contributed by atoms with Crippen LogP contribution in [0.1, 0.15) is 0 Å². The lowest BCUT2D eigenvalue weighted by molar-refractivity contribution is 0.668. The Balaban J connectivity index is 0.992. The van der Waals surface area contributed by atoms with Crippen molar-refractivity contribution >= 4 is 92.4 Å². The summed E-state index contributed by atoms with van der Waals surface area (Å²) in [6.45, 7) is 0. The summed E-state index contributed by atoms with van der Waals surface area (Å²) in [5.41, 5.74) is 11.4. The quantitative estimate of drug-likeness (QED) is 0.181. The highest BCUT2D eigenvalue weighted by molar-refractivity contribution is 7.25. The fourth-order valence-corrected chi connectivity index (χ4v) is 8.86. The van der Waals surface area contributed by atoms with Crippen molar-refractivity contribution in [2.45, 2.75) is 0 Å². The van der Waals surface area contributed by atoms with Gasteiger partial charge < -0.3 is 13.7 Å². The summed E-state index contributed by atoms with van der Waals surface area (Å²) < 4.78 is 15.2. The van der Waals surface area contributed by atoms with Gasteiger partial charge in [0, 0.05) is 64.8 Å². The fourth-order valence-electron chi connectivity index (χ4n) is 7.72. The second kappa shape index (κ2) is 11.5. The van der Waals surface area contributed by atoms with Crippen LogP contribution in [0.3, 0.4) is 0 Å². The van der Waals surface area contributed by atoms with Gasteiger partial charge >= 0.3 is 0 Å². The predicted octanol–water partition coefficient (Wildman–Crippen LogP) is 14.7. The van der Waals surface area contributed by atoms with E-state index >= 15 is 0 Å². The Labute approximate surface area is 303 Å². The largest absolute Gasteiger partial charge is 0.456 e. The van der Waals surface area contributed by atoms with Crippen LogP contribution in [0.4, 0.5) is 17.1 Å². The van der Waals surface area contributed by atoms with E-state index in [9.17, 15) is 0 Å². The van der Waals surface area contributed by atoms with Crippen molar-refractivity contribution in [3.8, 4) is 22.3 Å². The van der Waals surface area contributed by atoms with Gasteiger partial charge in [-0.15, -0.1) is 11.3 Å². The van der Waals surface area contributed by atoms with Gasteiger partial charge in [0.15, 0.2) is 0 Å². The molecule has 3 nitrogen and oxygen atoms in total. The second-order valence-electron chi connectivity index (χ2n) is 13.3. The van der Waals surface area contributed by atoms with Gasteiger partial charge in [-0.2, -0.15) is 0 Å². The zero-order valence-electron chi connectivity index (χ0n) is 27.9. The molecule has 0 aliphatic heterocycles. The third-order valence-electron chi connectivity index (χ3n) is 10.3. The van der Waals surface area contributed by atoms with Gasteiger partial charge in [-0.05, 0) is 95.1 Å². The topological polar surface area (TPSA) is 29.5 Å². The number of para-hydroxylation sites is 2. The van der Waals surface area contributed by atoms with Crippen LogP contribution in [0.2, 0.25) is 0 Å². The molecule has 0 saturated heterocycles. The molecule has 0 saturated carbocycles. The smallest absolute Gasteiger partial charge is 0.137 e. The maximum Gasteiger partial charge on any atom is 0.137 e. The van der Waals surface area contributed by atoms with Crippen LogP contribution in [0.5, 0.6) is 0 Å². The number of hydrogen-bond donors (Lipinski definition) is 0. The first kappa shape index (κ1) is 29.1. The average Bonchev–Trinajstić information content (AvgIpc) is 3.89. The van der Waals surface area contributed by atoms with E-state index in [0.29, 0.717) is 0 Å². The SMILES string of the molecule is c1ccc2c(c1)oc1cc(-c3ccc(N(c4ccc(-c5ccc6c(c5)sc5ccccc56)cc4)c4ccc5c(c4)oc4ccccc45)cc3)ccc12. The van der Waals surface area contributed by atoms with E-state index in [1.54, 1.807) is 0 Å². The number of rotatable bonds is 5. The lowest BCUT2D eigenvalue weighted by atomic mass is 10.0. The number of nitrogens with zero attached hydrogens (tertiary/aromatic N) is 1. The summed E-state index contributed by atoms with van der Waals surface area (Å²) >= 11 is 1.85. The first-order valence-electron chi connectivity index (χ1n) is 17.5. The lowest BCUT2D eigenvalue weighted by Crippen LogP contribution is -2.09. The highest BCUT2D eigenvalue weighted by Crippen LogP contribution is 2.41. The van der Waals surface area contributed by atoms with Crippen molar-refractivity contribution in [2.75, 3.05) is 4.90 Å². The molecule has 8 aromatic carbocycles. The van der Waals surface area contributed by atoms with Gasteiger partial charge in [-0.3, -0.25) is 0 Å². The lowest BCUT2D eigenvalue weighted by Gasteiger charge is -2.26. The number of fused-ring (bicyclic) bond motifs is 9. The summed E-state index contributed by atoms with van der Waals surface area (Å²) in [4.78, 5) is 2.30. The number of thiophene rings is 1. The third-order valence-corrected chi connectivity index (χ3v) is 11.4. The van der Waals surface area contributed by atoms with Crippen LogP contribution in [0, 0.1) is 0 Å². The van der Waals surface area contributed by atoms with Gasteiger partial charge in [0.1, 0.15) is 22.3 Å². The van der Waals surface area contributed by atoms with Gasteiger partial charge in [0.25, 0.3) is 0 Å². The van der Waals surface area contributed by atoms with E-state index < -0.39 is 0 Å². The Kier molecular flexibility index (Phi) is 6.42. The Bertz CT molecular complexity index is 2970. The van der Waals surface area contributed by atoms with Crippen LogP contribution in [-0.4, -0.2) is 0 Å². The zero-order chi connectivity index (χ0) is 34.2. The average molecular weight is 684 g/mol. The van der Waals surface area contributed by atoms with Crippen molar-refractivity contribution in [3.63, 3.8) is 0 Å².